The highest BCUT2D eigenvalue weighted by Gasteiger charge is 2.30. The number of carbonyl (C=O) groups excluding carboxylic acids is 1. The van der Waals surface area contributed by atoms with E-state index in [0.717, 1.165) is 5.56 Å². The van der Waals surface area contributed by atoms with Gasteiger partial charge in [-0.05, 0) is 24.0 Å². The van der Waals surface area contributed by atoms with Gasteiger partial charge in [0.25, 0.3) is 0 Å². The summed E-state index contributed by atoms with van der Waals surface area (Å²) in [4.78, 5) is 11.4. The van der Waals surface area contributed by atoms with E-state index in [9.17, 15) is 9.90 Å². The van der Waals surface area contributed by atoms with Gasteiger partial charge in [0, 0.05) is 0 Å². The number of hydrogen-bond acceptors (Lipinski definition) is 5. The SMILES string of the molecule is CCOC(=O)CC1O[B]c2c1ccc(OC)c2O. The molecule has 1 atom stereocenters. The number of rotatable bonds is 4. The zero-order valence-electron chi connectivity index (χ0n) is 10.3. The number of hydrogen-bond donors (Lipinski definition) is 1. The van der Waals surface area contributed by atoms with E-state index in [-0.39, 0.29) is 18.1 Å². The molecule has 0 fully saturated rings. The fourth-order valence-electron chi connectivity index (χ4n) is 1.93. The number of fused-ring (bicyclic) bond motifs is 1. The number of phenolic OH excluding ortho intramolecular Hbond substituents is 1. The molecular formula is C12H14BO5. The highest BCUT2D eigenvalue weighted by Crippen LogP contribution is 2.32. The molecule has 1 aliphatic rings. The first-order valence-corrected chi connectivity index (χ1v) is 5.71. The van der Waals surface area contributed by atoms with Crippen LogP contribution in [-0.2, 0) is 14.2 Å². The van der Waals surface area contributed by atoms with Gasteiger partial charge in [0.05, 0.1) is 26.2 Å². The Bertz CT molecular complexity index is 460. The molecule has 1 aromatic rings. The Morgan fingerprint density at radius 3 is 3.00 bits per heavy atom. The predicted octanol–water partition coefficient (Wildman–Crippen LogP) is 0.670. The van der Waals surface area contributed by atoms with Crippen LogP contribution >= 0.6 is 0 Å². The molecule has 1 aliphatic heterocycles. The van der Waals surface area contributed by atoms with Gasteiger partial charge < -0.3 is 19.2 Å². The minimum absolute atomic E-state index is 0.0290. The molecule has 0 spiro atoms. The number of benzene rings is 1. The second-order valence-corrected chi connectivity index (χ2v) is 3.87. The fourth-order valence-corrected chi connectivity index (χ4v) is 1.93. The van der Waals surface area contributed by atoms with Crippen LogP contribution in [-0.4, -0.2) is 32.3 Å². The molecule has 0 saturated carbocycles. The van der Waals surface area contributed by atoms with Crippen LogP contribution in [0.1, 0.15) is 25.0 Å². The van der Waals surface area contributed by atoms with Crippen molar-refractivity contribution in [2.75, 3.05) is 13.7 Å². The standard InChI is InChI=1S/C12H14BO5/c1-3-17-10(14)6-9-7-4-5-8(16-2)12(15)11(7)13-18-9/h4-5,9,15H,3,6H2,1-2H3. The Kier molecular flexibility index (Phi) is 3.76. The quantitative estimate of drug-likeness (QED) is 0.627. The highest BCUT2D eigenvalue weighted by molar-refractivity contribution is 6.50. The monoisotopic (exact) mass is 249 g/mol. The molecular weight excluding hydrogens is 235 g/mol. The van der Waals surface area contributed by atoms with Gasteiger partial charge in [0.2, 0.25) is 0 Å². The minimum Gasteiger partial charge on any atom is -0.505 e. The highest BCUT2D eigenvalue weighted by atomic mass is 16.5. The molecule has 1 unspecified atom stereocenters. The first-order chi connectivity index (χ1) is 8.67. The molecule has 18 heavy (non-hydrogen) atoms. The Morgan fingerprint density at radius 2 is 2.33 bits per heavy atom. The van der Waals surface area contributed by atoms with Crippen LogP contribution in [0.25, 0.3) is 0 Å². The Hall–Kier alpha value is -1.69. The smallest absolute Gasteiger partial charge is 0.335 e. The van der Waals surface area contributed by atoms with E-state index in [4.69, 9.17) is 14.1 Å². The van der Waals surface area contributed by atoms with Crippen molar-refractivity contribution < 1.29 is 24.0 Å². The van der Waals surface area contributed by atoms with Crippen LogP contribution < -0.4 is 10.2 Å². The van der Waals surface area contributed by atoms with Crippen molar-refractivity contribution in [3.63, 3.8) is 0 Å². The van der Waals surface area contributed by atoms with E-state index in [1.54, 1.807) is 19.1 Å². The van der Waals surface area contributed by atoms with Crippen molar-refractivity contribution in [3.05, 3.63) is 17.7 Å². The molecule has 1 aromatic carbocycles. The summed E-state index contributed by atoms with van der Waals surface area (Å²) < 4.78 is 15.3. The van der Waals surface area contributed by atoms with Crippen LogP contribution in [0, 0.1) is 0 Å². The normalized spacial score (nSPS) is 16.9. The maximum absolute atomic E-state index is 11.4. The van der Waals surface area contributed by atoms with Crippen molar-refractivity contribution in [1.29, 1.82) is 0 Å². The van der Waals surface area contributed by atoms with Crippen LogP contribution in [0.15, 0.2) is 12.1 Å². The third-order valence-electron chi connectivity index (χ3n) is 2.79. The second-order valence-electron chi connectivity index (χ2n) is 3.87. The van der Waals surface area contributed by atoms with Crippen LogP contribution in [0.3, 0.4) is 0 Å². The minimum atomic E-state index is -0.407. The Balaban J connectivity index is 2.19. The summed E-state index contributed by atoms with van der Waals surface area (Å²) >= 11 is 0. The van der Waals surface area contributed by atoms with Gasteiger partial charge >= 0.3 is 13.5 Å². The molecule has 1 N–H and O–H groups in total. The average Bonchev–Trinajstić information content (AvgIpc) is 2.74. The third kappa shape index (κ3) is 2.29. The summed E-state index contributed by atoms with van der Waals surface area (Å²) in [7, 11) is 2.92. The molecule has 0 saturated heterocycles. The number of ether oxygens (including phenoxy) is 2. The lowest BCUT2D eigenvalue weighted by Gasteiger charge is -2.12. The number of aromatic hydroxyl groups is 1. The van der Waals surface area contributed by atoms with Crippen molar-refractivity contribution >= 4 is 18.9 Å². The maximum Gasteiger partial charge on any atom is 0.335 e. The molecule has 2 rings (SSSR count). The molecule has 0 amide bonds. The summed E-state index contributed by atoms with van der Waals surface area (Å²) in [5.74, 6) is 0.0887. The van der Waals surface area contributed by atoms with Gasteiger partial charge in [0.1, 0.15) is 0 Å². The summed E-state index contributed by atoms with van der Waals surface area (Å²) in [6.45, 7) is 2.10. The molecule has 5 nitrogen and oxygen atoms in total. The van der Waals surface area contributed by atoms with E-state index in [0.29, 0.717) is 17.8 Å². The van der Waals surface area contributed by atoms with Crippen molar-refractivity contribution in [3.8, 4) is 11.5 Å². The van der Waals surface area contributed by atoms with Crippen molar-refractivity contribution in [2.24, 2.45) is 0 Å². The number of phenols is 1. The maximum atomic E-state index is 11.4. The lowest BCUT2D eigenvalue weighted by Crippen LogP contribution is -2.13. The largest absolute Gasteiger partial charge is 0.505 e. The molecule has 0 aliphatic carbocycles. The van der Waals surface area contributed by atoms with Gasteiger partial charge in [-0.15, -0.1) is 0 Å². The zero-order chi connectivity index (χ0) is 13.1. The van der Waals surface area contributed by atoms with E-state index in [1.165, 1.54) is 14.6 Å². The van der Waals surface area contributed by atoms with Gasteiger partial charge in [-0.1, -0.05) is 6.07 Å². The zero-order valence-corrected chi connectivity index (χ0v) is 10.3. The molecule has 1 radical (unpaired) electrons. The van der Waals surface area contributed by atoms with E-state index in [2.05, 4.69) is 0 Å². The van der Waals surface area contributed by atoms with Crippen LogP contribution in [0.5, 0.6) is 11.5 Å². The third-order valence-corrected chi connectivity index (χ3v) is 2.79. The van der Waals surface area contributed by atoms with Crippen molar-refractivity contribution in [1.82, 2.24) is 0 Å². The Morgan fingerprint density at radius 1 is 1.56 bits per heavy atom. The summed E-state index contributed by atoms with van der Waals surface area (Å²) in [6, 6.07) is 3.43. The Labute approximate surface area is 106 Å². The fraction of sp³-hybridized carbons (Fsp3) is 0.417. The summed E-state index contributed by atoms with van der Waals surface area (Å²) in [5, 5.41) is 9.91. The summed E-state index contributed by atoms with van der Waals surface area (Å²) in [6.07, 6.45) is -0.279. The molecule has 0 bridgehead atoms. The molecule has 0 aromatic heterocycles. The van der Waals surface area contributed by atoms with E-state index < -0.39 is 6.10 Å². The number of esters is 1. The lowest BCUT2D eigenvalue weighted by atomic mass is 9.85. The van der Waals surface area contributed by atoms with Gasteiger partial charge in [-0.25, -0.2) is 0 Å². The number of carbonyl (C=O) groups is 1. The topological polar surface area (TPSA) is 65.0 Å². The first-order valence-electron chi connectivity index (χ1n) is 5.71. The second kappa shape index (κ2) is 5.31. The van der Waals surface area contributed by atoms with Gasteiger partial charge in [-0.3, -0.25) is 4.79 Å². The molecule has 1 heterocycles. The predicted molar refractivity (Wildman–Crippen MR) is 65.1 cm³/mol. The first kappa shape index (κ1) is 12.8. The van der Waals surface area contributed by atoms with Crippen LogP contribution in [0.4, 0.5) is 0 Å². The van der Waals surface area contributed by atoms with Gasteiger partial charge in [0.15, 0.2) is 11.5 Å². The van der Waals surface area contributed by atoms with Crippen LogP contribution in [0.2, 0.25) is 0 Å². The van der Waals surface area contributed by atoms with E-state index in [1.807, 2.05) is 0 Å². The van der Waals surface area contributed by atoms with Gasteiger partial charge in [-0.2, -0.15) is 0 Å². The van der Waals surface area contributed by atoms with E-state index >= 15 is 0 Å². The summed E-state index contributed by atoms with van der Waals surface area (Å²) in [5.41, 5.74) is 1.32. The van der Waals surface area contributed by atoms with Crippen molar-refractivity contribution in [2.45, 2.75) is 19.4 Å². The lowest BCUT2D eigenvalue weighted by molar-refractivity contribution is -0.144. The average molecular weight is 249 g/mol. The number of methoxy groups -OCH3 is 1. The molecule has 95 valence electrons. The molecule has 6 heteroatoms.